The standard InChI is InChI=1S/C2H5N4O/c1-7-2(3)5-6-4/h3-4H,1H3/q+1. The zero-order chi connectivity index (χ0) is 5.70. The highest BCUT2D eigenvalue weighted by atomic mass is 16.5. The van der Waals surface area contributed by atoms with Gasteiger partial charge in [0.05, 0.1) is 7.11 Å². The Morgan fingerprint density at radius 3 is 2.57 bits per heavy atom. The van der Waals surface area contributed by atoms with E-state index in [1.807, 2.05) is 0 Å². The summed E-state index contributed by atoms with van der Waals surface area (Å²) in [6.45, 7) is 0. The largest absolute Gasteiger partial charge is 0.462 e. The van der Waals surface area contributed by atoms with Gasteiger partial charge in [0.2, 0.25) is 10.0 Å². The first kappa shape index (κ1) is 5.78. The molecule has 0 unspecified atom stereocenters. The molecule has 0 heterocycles. The molecule has 0 bridgehead atoms. The SMILES string of the molecule is COC(=N)N=[N+]=N. The van der Waals surface area contributed by atoms with Crippen LogP contribution in [0, 0.1) is 10.9 Å². The van der Waals surface area contributed by atoms with Crippen LogP contribution in [0.25, 0.3) is 0 Å². The van der Waals surface area contributed by atoms with Gasteiger partial charge in [0.25, 0.3) is 0 Å². The summed E-state index contributed by atoms with van der Waals surface area (Å²) in [4.78, 5) is 2.53. The molecule has 0 saturated heterocycles. The van der Waals surface area contributed by atoms with Crippen molar-refractivity contribution in [1.29, 1.82) is 10.9 Å². The normalized spacial score (nSPS) is 6.43. The number of hydrogen-bond acceptors (Lipinski definition) is 3. The third-order valence-electron chi connectivity index (χ3n) is 0.334. The molecule has 0 aliphatic carbocycles. The summed E-state index contributed by atoms with van der Waals surface area (Å²) >= 11 is 0. The van der Waals surface area contributed by atoms with Crippen molar-refractivity contribution in [3.05, 3.63) is 0 Å². The second-order valence-corrected chi connectivity index (χ2v) is 0.709. The number of amidine groups is 1. The van der Waals surface area contributed by atoms with E-state index in [2.05, 4.69) is 14.8 Å². The highest BCUT2D eigenvalue weighted by Crippen LogP contribution is 1.68. The van der Waals surface area contributed by atoms with Crippen LogP contribution in [-0.4, -0.2) is 13.1 Å². The summed E-state index contributed by atoms with van der Waals surface area (Å²) in [5.41, 5.74) is 6.07. The Balaban J connectivity index is 3.58. The van der Waals surface area contributed by atoms with Crippen LogP contribution in [0.4, 0.5) is 0 Å². The number of rotatable bonds is 0. The van der Waals surface area contributed by atoms with Gasteiger partial charge in [0.1, 0.15) is 5.53 Å². The molecule has 0 aromatic rings. The van der Waals surface area contributed by atoms with Crippen LogP contribution in [0.5, 0.6) is 0 Å². The van der Waals surface area contributed by atoms with Gasteiger partial charge in [-0.3, -0.25) is 0 Å². The lowest BCUT2D eigenvalue weighted by Gasteiger charge is -1.78. The van der Waals surface area contributed by atoms with Gasteiger partial charge in [-0.05, 0) is 0 Å². The zero-order valence-electron chi connectivity index (χ0n) is 3.80. The van der Waals surface area contributed by atoms with Gasteiger partial charge in [-0.15, -0.1) is 0 Å². The molecule has 0 aliphatic rings. The van der Waals surface area contributed by atoms with E-state index in [9.17, 15) is 0 Å². The summed E-state index contributed by atoms with van der Waals surface area (Å²) in [5.74, 6) is 0. The minimum atomic E-state index is -0.352. The highest BCUT2D eigenvalue weighted by Gasteiger charge is 1.92. The molecule has 0 fully saturated rings. The van der Waals surface area contributed by atoms with Gasteiger partial charge in [0, 0.05) is 0 Å². The van der Waals surface area contributed by atoms with Gasteiger partial charge >= 0.3 is 6.02 Å². The average molecular weight is 101 g/mol. The number of nitrogens with one attached hydrogen (secondary N) is 2. The molecule has 7 heavy (non-hydrogen) atoms. The summed E-state index contributed by atoms with van der Waals surface area (Å²) in [6, 6.07) is -0.352. The molecule has 5 heteroatoms. The van der Waals surface area contributed by atoms with Crippen molar-refractivity contribution in [2.75, 3.05) is 7.11 Å². The molecule has 0 amide bonds. The van der Waals surface area contributed by atoms with Crippen LogP contribution in [0.1, 0.15) is 0 Å². The van der Waals surface area contributed by atoms with E-state index in [1.54, 1.807) is 0 Å². The zero-order valence-corrected chi connectivity index (χ0v) is 3.80. The molecule has 0 radical (unpaired) electrons. The first-order valence-electron chi connectivity index (χ1n) is 1.51. The summed E-state index contributed by atoms with van der Waals surface area (Å²) in [7, 11) is 1.29. The molecule has 5 nitrogen and oxygen atoms in total. The van der Waals surface area contributed by atoms with E-state index < -0.39 is 0 Å². The third kappa shape index (κ3) is 2.59. The molecule has 0 aromatic carbocycles. The number of nitrogens with zero attached hydrogens (tertiary/aromatic N) is 2. The van der Waals surface area contributed by atoms with Gasteiger partial charge in [-0.1, -0.05) is 0 Å². The minimum absolute atomic E-state index is 0.352. The second-order valence-electron chi connectivity index (χ2n) is 0.709. The number of ether oxygens (including phenoxy) is 1. The number of hydrogen-bond donors (Lipinski definition) is 2. The van der Waals surface area contributed by atoms with Crippen LogP contribution in [0.2, 0.25) is 0 Å². The molecule has 2 N–H and O–H groups in total. The van der Waals surface area contributed by atoms with Crippen molar-refractivity contribution in [3.8, 4) is 0 Å². The topological polar surface area (TPSA) is 83.4 Å². The van der Waals surface area contributed by atoms with Crippen molar-refractivity contribution in [1.82, 2.24) is 4.91 Å². The summed E-state index contributed by atoms with van der Waals surface area (Å²) in [6.07, 6.45) is 0. The molecular formula is C2H5N4O+. The van der Waals surface area contributed by atoms with Crippen molar-refractivity contribution in [3.63, 3.8) is 0 Å². The van der Waals surface area contributed by atoms with E-state index in [-0.39, 0.29) is 6.02 Å². The Morgan fingerprint density at radius 2 is 2.43 bits per heavy atom. The van der Waals surface area contributed by atoms with Crippen LogP contribution in [0.15, 0.2) is 5.11 Å². The lowest BCUT2D eigenvalue weighted by molar-refractivity contribution is 0.389. The molecule has 0 aliphatic heterocycles. The second kappa shape index (κ2) is 2.99. The Kier molecular flexibility index (Phi) is 2.47. The highest BCUT2D eigenvalue weighted by molar-refractivity contribution is 5.69. The van der Waals surface area contributed by atoms with Gasteiger partial charge < -0.3 is 4.74 Å². The minimum Gasteiger partial charge on any atom is -0.462 e. The predicted octanol–water partition coefficient (Wildman–Crippen LogP) is 0.118. The smallest absolute Gasteiger partial charge is 0.393 e. The van der Waals surface area contributed by atoms with Crippen LogP contribution in [-0.2, 0) is 4.74 Å². The third-order valence-corrected chi connectivity index (χ3v) is 0.334. The first-order valence-corrected chi connectivity index (χ1v) is 1.51. The van der Waals surface area contributed by atoms with E-state index in [1.165, 1.54) is 7.11 Å². The Labute approximate surface area is 40.0 Å². The quantitative estimate of drug-likeness (QED) is 0.193. The van der Waals surface area contributed by atoms with Crippen LogP contribution >= 0.6 is 0 Å². The fourth-order valence-electron chi connectivity index (χ4n) is 0.0862. The average Bonchev–Trinajstić information content (AvgIpc) is 1.68. The molecule has 0 rings (SSSR count). The maximum absolute atomic E-state index is 6.53. The molecule has 38 valence electrons. The molecule has 0 spiro atoms. The Morgan fingerprint density at radius 1 is 1.86 bits per heavy atom. The fraction of sp³-hybridized carbons (Fsp3) is 0.500. The Hall–Kier alpha value is -1.22. The maximum atomic E-state index is 6.53. The van der Waals surface area contributed by atoms with Gasteiger partial charge in [-0.2, -0.15) is 0 Å². The molecule has 0 atom stereocenters. The summed E-state index contributed by atoms with van der Waals surface area (Å²) < 4.78 is 4.19. The van der Waals surface area contributed by atoms with E-state index in [0.29, 0.717) is 0 Å². The lowest BCUT2D eigenvalue weighted by Crippen LogP contribution is -1.91. The van der Waals surface area contributed by atoms with Gasteiger partial charge in [-0.25, -0.2) is 5.41 Å². The van der Waals surface area contributed by atoms with E-state index in [0.717, 1.165) is 0 Å². The predicted molar refractivity (Wildman–Crippen MR) is 22.0 cm³/mol. The van der Waals surface area contributed by atoms with Gasteiger partial charge in [0.15, 0.2) is 0 Å². The molecule has 0 saturated carbocycles. The van der Waals surface area contributed by atoms with Crippen LogP contribution in [0.3, 0.4) is 0 Å². The van der Waals surface area contributed by atoms with Crippen molar-refractivity contribution < 1.29 is 4.74 Å². The van der Waals surface area contributed by atoms with E-state index in [4.69, 9.17) is 10.9 Å². The number of methoxy groups -OCH3 is 1. The van der Waals surface area contributed by atoms with Crippen LogP contribution < -0.4 is 4.91 Å². The summed E-state index contributed by atoms with van der Waals surface area (Å²) in [5, 5.41) is 9.43. The maximum Gasteiger partial charge on any atom is 0.393 e. The molecular weight excluding hydrogens is 96.0 g/mol. The Bertz CT molecular complexity index is 113. The van der Waals surface area contributed by atoms with Crippen molar-refractivity contribution in [2.45, 2.75) is 0 Å². The van der Waals surface area contributed by atoms with Crippen molar-refractivity contribution in [2.24, 2.45) is 5.11 Å². The molecule has 0 aromatic heterocycles. The van der Waals surface area contributed by atoms with Crippen molar-refractivity contribution >= 4 is 6.02 Å². The van der Waals surface area contributed by atoms with E-state index >= 15 is 0 Å². The lowest BCUT2D eigenvalue weighted by atomic mass is 11.2. The fourth-order valence-corrected chi connectivity index (χ4v) is 0.0862. The first-order chi connectivity index (χ1) is 3.31. The monoisotopic (exact) mass is 101 g/mol.